The predicted octanol–water partition coefficient (Wildman–Crippen LogP) is 2.03. The molecule has 2 aromatic rings. The summed E-state index contributed by atoms with van der Waals surface area (Å²) in [4.78, 5) is 25.4. The van der Waals surface area contributed by atoms with Crippen molar-refractivity contribution in [3.05, 3.63) is 33.6 Å². The van der Waals surface area contributed by atoms with E-state index in [1.807, 2.05) is 0 Å². The Morgan fingerprint density at radius 2 is 1.69 bits per heavy atom. The van der Waals surface area contributed by atoms with Crippen molar-refractivity contribution in [2.75, 3.05) is 39.9 Å². The molecule has 29 heavy (non-hydrogen) atoms. The molecule has 0 saturated carbocycles. The minimum absolute atomic E-state index is 0.0826. The molecule has 156 valence electrons. The maximum absolute atomic E-state index is 12.9. The van der Waals surface area contributed by atoms with E-state index >= 15 is 0 Å². The Morgan fingerprint density at radius 3 is 2.28 bits per heavy atom. The number of carbonyl (C=O) groups is 1. The summed E-state index contributed by atoms with van der Waals surface area (Å²) < 4.78 is 23.5. The van der Waals surface area contributed by atoms with Gasteiger partial charge < -0.3 is 24.3 Å². The molecule has 3 heterocycles. The van der Waals surface area contributed by atoms with Gasteiger partial charge in [-0.05, 0) is 30.5 Å². The molecule has 1 atom stereocenters. The standard InChI is InChI=1S/C20H25N3O6/c1-26-14-8-11(9-15(27-2)18(14)28-3)13-10-16(24)21-19-17(13)20(25)22-23(19)12-4-6-29-7-5-12/h8-9,12-13H,4-7,10H2,1-3H3,(H,21,24)(H,22,25)/t13-/m1/s1. The third kappa shape index (κ3) is 3.35. The van der Waals surface area contributed by atoms with E-state index in [1.54, 1.807) is 16.8 Å². The van der Waals surface area contributed by atoms with Crippen LogP contribution < -0.4 is 25.1 Å². The van der Waals surface area contributed by atoms with Crippen LogP contribution in [0.1, 0.15) is 42.3 Å². The van der Waals surface area contributed by atoms with Gasteiger partial charge in [0.2, 0.25) is 11.7 Å². The third-order valence-corrected chi connectivity index (χ3v) is 5.60. The van der Waals surface area contributed by atoms with Crippen molar-refractivity contribution < 1.29 is 23.7 Å². The van der Waals surface area contributed by atoms with E-state index in [-0.39, 0.29) is 23.9 Å². The van der Waals surface area contributed by atoms with Gasteiger partial charge in [0.25, 0.3) is 5.56 Å². The highest BCUT2D eigenvalue weighted by molar-refractivity contribution is 5.94. The lowest BCUT2D eigenvalue weighted by Crippen LogP contribution is -2.28. The first kappa shape index (κ1) is 19.4. The number of fused-ring (bicyclic) bond motifs is 1. The van der Waals surface area contributed by atoms with Gasteiger partial charge in [-0.1, -0.05) is 0 Å². The number of ether oxygens (including phenoxy) is 4. The Bertz CT molecular complexity index is 948. The van der Waals surface area contributed by atoms with Crippen molar-refractivity contribution in [3.63, 3.8) is 0 Å². The minimum atomic E-state index is -0.419. The van der Waals surface area contributed by atoms with Crippen LogP contribution in [0.25, 0.3) is 0 Å². The fraction of sp³-hybridized carbons (Fsp3) is 0.500. The molecule has 0 aliphatic carbocycles. The Labute approximate surface area is 167 Å². The fourth-order valence-electron chi connectivity index (χ4n) is 4.19. The highest BCUT2D eigenvalue weighted by atomic mass is 16.5. The molecule has 0 radical (unpaired) electrons. The molecule has 1 amide bonds. The summed E-state index contributed by atoms with van der Waals surface area (Å²) in [6.07, 6.45) is 1.72. The Hall–Kier alpha value is -2.94. The number of amides is 1. The molecule has 2 aliphatic rings. The van der Waals surface area contributed by atoms with E-state index in [0.29, 0.717) is 41.8 Å². The zero-order chi connectivity index (χ0) is 20.5. The van der Waals surface area contributed by atoms with Gasteiger partial charge in [0.05, 0.1) is 32.9 Å². The van der Waals surface area contributed by atoms with Crippen LogP contribution in [-0.4, -0.2) is 50.2 Å². The number of rotatable bonds is 5. The summed E-state index contributed by atoms with van der Waals surface area (Å²) in [5, 5.41) is 5.82. The number of nitrogens with zero attached hydrogens (tertiary/aromatic N) is 1. The van der Waals surface area contributed by atoms with Crippen LogP contribution in [0.3, 0.4) is 0 Å². The van der Waals surface area contributed by atoms with Crippen molar-refractivity contribution >= 4 is 11.7 Å². The molecule has 9 heteroatoms. The molecule has 1 saturated heterocycles. The number of carbonyl (C=O) groups excluding carboxylic acids is 1. The van der Waals surface area contributed by atoms with E-state index in [0.717, 1.165) is 18.4 Å². The number of hydrogen-bond donors (Lipinski definition) is 2. The smallest absolute Gasteiger partial charge is 0.270 e. The Balaban J connectivity index is 1.83. The third-order valence-electron chi connectivity index (χ3n) is 5.60. The van der Waals surface area contributed by atoms with Crippen LogP contribution in [0.15, 0.2) is 16.9 Å². The van der Waals surface area contributed by atoms with Gasteiger partial charge in [0.15, 0.2) is 11.5 Å². The minimum Gasteiger partial charge on any atom is -0.493 e. The predicted molar refractivity (Wildman–Crippen MR) is 105 cm³/mol. The molecule has 0 unspecified atom stereocenters. The summed E-state index contributed by atoms with van der Waals surface area (Å²) in [5.74, 6) is 1.41. The van der Waals surface area contributed by atoms with Gasteiger partial charge in [-0.3, -0.25) is 19.4 Å². The number of methoxy groups -OCH3 is 3. The molecular weight excluding hydrogens is 378 g/mol. The van der Waals surface area contributed by atoms with Crippen molar-refractivity contribution in [2.24, 2.45) is 0 Å². The van der Waals surface area contributed by atoms with Gasteiger partial charge in [0, 0.05) is 25.6 Å². The van der Waals surface area contributed by atoms with E-state index < -0.39 is 5.92 Å². The number of benzene rings is 1. The van der Waals surface area contributed by atoms with Crippen molar-refractivity contribution in [3.8, 4) is 17.2 Å². The highest BCUT2D eigenvalue weighted by Gasteiger charge is 2.35. The van der Waals surface area contributed by atoms with Crippen LogP contribution in [0.2, 0.25) is 0 Å². The number of H-pyrrole nitrogens is 1. The van der Waals surface area contributed by atoms with Crippen LogP contribution >= 0.6 is 0 Å². The molecule has 2 N–H and O–H groups in total. The maximum Gasteiger partial charge on any atom is 0.270 e. The quantitative estimate of drug-likeness (QED) is 0.792. The lowest BCUT2D eigenvalue weighted by molar-refractivity contribution is -0.116. The van der Waals surface area contributed by atoms with Gasteiger partial charge >= 0.3 is 0 Å². The molecule has 9 nitrogen and oxygen atoms in total. The van der Waals surface area contributed by atoms with Crippen molar-refractivity contribution in [1.82, 2.24) is 9.78 Å². The van der Waals surface area contributed by atoms with E-state index in [9.17, 15) is 9.59 Å². The first-order chi connectivity index (χ1) is 14.1. The van der Waals surface area contributed by atoms with E-state index in [2.05, 4.69) is 10.4 Å². The van der Waals surface area contributed by atoms with E-state index in [1.165, 1.54) is 21.3 Å². The molecule has 0 bridgehead atoms. The normalized spacial score (nSPS) is 19.4. The van der Waals surface area contributed by atoms with Crippen LogP contribution in [0, 0.1) is 0 Å². The number of nitrogens with one attached hydrogen (secondary N) is 2. The molecule has 1 aromatic carbocycles. The SMILES string of the molecule is COc1cc([C@H]2CC(=O)Nc3c2c(=O)[nH]n3C2CCOCC2)cc(OC)c1OC. The zero-order valence-corrected chi connectivity index (χ0v) is 16.7. The monoisotopic (exact) mass is 403 g/mol. The topological polar surface area (TPSA) is 104 Å². The second-order valence-corrected chi connectivity index (χ2v) is 7.18. The molecular formula is C20H25N3O6. The van der Waals surface area contributed by atoms with E-state index in [4.69, 9.17) is 18.9 Å². The second-order valence-electron chi connectivity index (χ2n) is 7.18. The summed E-state index contributed by atoms with van der Waals surface area (Å²) >= 11 is 0. The van der Waals surface area contributed by atoms with Crippen LogP contribution in [0.5, 0.6) is 17.2 Å². The second kappa shape index (κ2) is 7.82. The maximum atomic E-state index is 12.9. The van der Waals surface area contributed by atoms with Crippen molar-refractivity contribution in [1.29, 1.82) is 0 Å². The van der Waals surface area contributed by atoms with Crippen LogP contribution in [-0.2, 0) is 9.53 Å². The zero-order valence-electron chi connectivity index (χ0n) is 16.7. The number of aromatic nitrogens is 2. The summed E-state index contributed by atoms with van der Waals surface area (Å²) in [6, 6.07) is 3.67. The lowest BCUT2D eigenvalue weighted by atomic mass is 9.86. The fourth-order valence-corrected chi connectivity index (χ4v) is 4.19. The summed E-state index contributed by atoms with van der Waals surface area (Å²) in [5.41, 5.74) is 1.10. The Morgan fingerprint density at radius 1 is 1.03 bits per heavy atom. The first-order valence-corrected chi connectivity index (χ1v) is 9.59. The first-order valence-electron chi connectivity index (χ1n) is 9.59. The highest BCUT2D eigenvalue weighted by Crippen LogP contribution is 2.44. The van der Waals surface area contributed by atoms with Gasteiger partial charge in [-0.15, -0.1) is 0 Å². The largest absolute Gasteiger partial charge is 0.493 e. The van der Waals surface area contributed by atoms with Gasteiger partial charge in [-0.2, -0.15) is 0 Å². The number of hydrogen-bond acceptors (Lipinski definition) is 6. The molecule has 4 rings (SSSR count). The molecule has 0 spiro atoms. The molecule has 2 aliphatic heterocycles. The summed E-state index contributed by atoms with van der Waals surface area (Å²) in [6.45, 7) is 1.26. The number of anilines is 1. The molecule has 1 aromatic heterocycles. The summed E-state index contributed by atoms with van der Waals surface area (Å²) in [7, 11) is 4.61. The average Bonchev–Trinajstić information content (AvgIpc) is 3.08. The van der Waals surface area contributed by atoms with Gasteiger partial charge in [-0.25, -0.2) is 0 Å². The van der Waals surface area contributed by atoms with Gasteiger partial charge in [0.1, 0.15) is 5.82 Å². The van der Waals surface area contributed by atoms with Crippen LogP contribution in [0.4, 0.5) is 5.82 Å². The lowest BCUT2D eigenvalue weighted by Gasteiger charge is -2.28. The number of aromatic amines is 1. The molecule has 1 fully saturated rings. The van der Waals surface area contributed by atoms with Crippen molar-refractivity contribution in [2.45, 2.75) is 31.2 Å². The Kier molecular flexibility index (Phi) is 5.23. The average molecular weight is 403 g/mol.